The molecule has 0 bridgehead atoms. The Balaban J connectivity index is 2.81. The fourth-order valence-electron chi connectivity index (χ4n) is 5.21. The number of carbonyl (C=O) groups is 10. The molecule has 0 saturated carbocycles. The van der Waals surface area contributed by atoms with Crippen LogP contribution in [0.15, 0.2) is 30.3 Å². The van der Waals surface area contributed by atoms with Crippen molar-refractivity contribution >= 4 is 81.2 Å². The maximum Gasteiger partial charge on any atom is 0.421 e. The summed E-state index contributed by atoms with van der Waals surface area (Å²) in [4.78, 5) is 122. The van der Waals surface area contributed by atoms with Crippen LogP contribution in [0.5, 0.6) is 0 Å². The minimum Gasteiger partial charge on any atom is -0.481 e. The second-order valence-corrected chi connectivity index (χ2v) is 16.7. The van der Waals surface area contributed by atoms with E-state index in [-0.39, 0.29) is 31.9 Å². The number of nitrogens with one attached hydrogen (secondary N) is 8. The zero-order valence-electron chi connectivity index (χ0n) is 34.6. The number of rotatable bonds is 30. The number of amides is 7. The third-order valence-corrected chi connectivity index (χ3v) is 11.1. The average Bonchev–Trinajstić information content (AvgIpc) is 3.18. The van der Waals surface area contributed by atoms with Gasteiger partial charge in [-0.2, -0.15) is 0 Å². The van der Waals surface area contributed by atoms with Crippen LogP contribution in [0, 0.1) is 0 Å². The maximum atomic E-state index is 13.5. The number of hydrazine groups is 1. The minimum absolute atomic E-state index is 0.00528. The van der Waals surface area contributed by atoms with Gasteiger partial charge in [-0.15, -0.1) is 0 Å². The molecular weight excluding hydrogens is 861 g/mol. The molecule has 62 heavy (non-hydrogen) atoms. The van der Waals surface area contributed by atoms with Crippen molar-refractivity contribution in [3.8, 4) is 0 Å². The lowest BCUT2D eigenvalue weighted by Gasteiger charge is -2.27. The van der Waals surface area contributed by atoms with Gasteiger partial charge in [0.25, 0.3) is 0 Å². The van der Waals surface area contributed by atoms with Crippen LogP contribution in [0.2, 0.25) is 0 Å². The zero-order chi connectivity index (χ0) is 46.8. The molecular formula is C37H56N8O15S2. The summed E-state index contributed by atoms with van der Waals surface area (Å²) in [6.45, 7) is 4.52. The third-order valence-electron chi connectivity index (χ3n) is 8.54. The first-order valence-corrected chi connectivity index (χ1v) is 21.7. The van der Waals surface area contributed by atoms with E-state index in [2.05, 4.69) is 37.4 Å². The van der Waals surface area contributed by atoms with Crippen LogP contribution in [-0.4, -0.2) is 141 Å². The van der Waals surface area contributed by atoms with Crippen LogP contribution in [0.1, 0.15) is 71.3 Å². The highest BCUT2D eigenvalue weighted by Crippen LogP contribution is 2.21. The highest BCUT2D eigenvalue weighted by atomic mass is 33.1. The number of aliphatic carboxylic acids is 4. The molecule has 25 heteroatoms. The molecule has 1 unspecified atom stereocenters. The Labute approximate surface area is 365 Å². The van der Waals surface area contributed by atoms with Crippen molar-refractivity contribution in [2.24, 2.45) is 0 Å². The van der Waals surface area contributed by atoms with Crippen molar-refractivity contribution in [2.75, 3.05) is 25.2 Å². The van der Waals surface area contributed by atoms with E-state index in [0.29, 0.717) is 17.1 Å². The molecule has 1 rings (SSSR count). The molecule has 0 aliphatic heterocycles. The largest absolute Gasteiger partial charge is 0.481 e. The molecule has 6 atom stereocenters. The molecule has 0 aliphatic carbocycles. The summed E-state index contributed by atoms with van der Waals surface area (Å²) in [5.74, 6) is -7.78. The summed E-state index contributed by atoms with van der Waals surface area (Å²) in [6.07, 6.45) is -3.64. The van der Waals surface area contributed by atoms with E-state index >= 15 is 0 Å². The summed E-state index contributed by atoms with van der Waals surface area (Å²) in [7, 11) is 4.36. The van der Waals surface area contributed by atoms with Gasteiger partial charge >= 0.3 is 36.0 Å². The van der Waals surface area contributed by atoms with Gasteiger partial charge in [-0.25, -0.2) is 24.6 Å². The molecule has 7 amide bonds. The van der Waals surface area contributed by atoms with E-state index in [0.717, 1.165) is 6.92 Å². The highest BCUT2D eigenvalue weighted by molar-refractivity contribution is 8.76. The predicted octanol–water partition coefficient (Wildman–Crippen LogP) is -0.0543. The van der Waals surface area contributed by atoms with Crippen LogP contribution in [0.4, 0.5) is 9.59 Å². The lowest BCUT2D eigenvalue weighted by Crippen LogP contribution is -2.58. The van der Waals surface area contributed by atoms with E-state index in [1.165, 1.54) is 35.6 Å². The molecule has 0 radical (unpaired) electrons. The Hall–Kier alpha value is -5.82. The summed E-state index contributed by atoms with van der Waals surface area (Å²) in [5.41, 5.74) is 3.36. The van der Waals surface area contributed by atoms with Gasteiger partial charge in [0.2, 0.25) is 23.6 Å². The summed E-state index contributed by atoms with van der Waals surface area (Å²) in [6, 6.07) is 2.09. The van der Waals surface area contributed by atoms with Crippen LogP contribution >= 0.6 is 21.6 Å². The van der Waals surface area contributed by atoms with Crippen LogP contribution in [-0.2, 0) is 49.5 Å². The van der Waals surface area contributed by atoms with Crippen LogP contribution in [0.25, 0.3) is 0 Å². The Kier molecular flexibility index (Phi) is 25.1. The SMILES string of the molecule is CNNC(=O)OCCSSC[C@H](C)NC(=O)[C@@H](Cc1ccccc1)NC(=O)[C@H](CC(=O)O)NC(=O)CC[C@@H](C)NC(=O)CC[C@](C)(NC(=O)NC(CCC(=O)O)C(=O)O)C(=O)O. The van der Waals surface area contributed by atoms with Crippen LogP contribution < -0.4 is 42.8 Å². The fourth-order valence-corrected chi connectivity index (χ4v) is 7.32. The predicted molar refractivity (Wildman–Crippen MR) is 224 cm³/mol. The number of hydrogen-bond acceptors (Lipinski definition) is 14. The molecule has 0 fully saturated rings. The summed E-state index contributed by atoms with van der Waals surface area (Å²) < 4.78 is 4.95. The number of carbonyl (C=O) groups excluding carboxylic acids is 6. The number of benzene rings is 1. The van der Waals surface area contributed by atoms with Crippen molar-refractivity contribution in [3.63, 3.8) is 0 Å². The number of carboxylic acid groups (broad SMARTS) is 4. The first kappa shape index (κ1) is 54.2. The second kappa shape index (κ2) is 28.7. The van der Waals surface area contributed by atoms with Gasteiger partial charge in [-0.1, -0.05) is 51.9 Å². The molecule has 0 spiro atoms. The molecule has 0 heterocycles. The maximum absolute atomic E-state index is 13.5. The van der Waals surface area contributed by atoms with Crippen molar-refractivity contribution in [1.29, 1.82) is 0 Å². The highest BCUT2D eigenvalue weighted by Gasteiger charge is 2.36. The van der Waals surface area contributed by atoms with E-state index < -0.39 is 121 Å². The number of hydrogen-bond donors (Lipinski definition) is 12. The van der Waals surface area contributed by atoms with Gasteiger partial charge in [-0.05, 0) is 45.6 Å². The molecule has 0 aliphatic rings. The Morgan fingerprint density at radius 3 is 1.95 bits per heavy atom. The van der Waals surface area contributed by atoms with E-state index in [1.807, 2.05) is 5.32 Å². The normalized spacial score (nSPS) is 14.1. The molecule has 23 nitrogen and oxygen atoms in total. The van der Waals surface area contributed by atoms with Crippen LogP contribution in [0.3, 0.4) is 0 Å². The first-order valence-electron chi connectivity index (χ1n) is 19.2. The fraction of sp³-hybridized carbons (Fsp3) is 0.568. The Morgan fingerprint density at radius 1 is 0.710 bits per heavy atom. The van der Waals surface area contributed by atoms with Gasteiger partial charge in [0.15, 0.2) is 0 Å². The topological polar surface area (TPSA) is 357 Å². The van der Waals surface area contributed by atoms with E-state index in [9.17, 15) is 63.3 Å². The van der Waals surface area contributed by atoms with Gasteiger partial charge < -0.3 is 57.1 Å². The van der Waals surface area contributed by atoms with Crippen molar-refractivity contribution in [2.45, 2.75) is 108 Å². The Morgan fingerprint density at radius 2 is 1.35 bits per heavy atom. The quantitative estimate of drug-likeness (QED) is 0.0273. The van der Waals surface area contributed by atoms with E-state index in [1.54, 1.807) is 37.3 Å². The van der Waals surface area contributed by atoms with Crippen molar-refractivity contribution in [3.05, 3.63) is 35.9 Å². The van der Waals surface area contributed by atoms with E-state index in [4.69, 9.17) is 9.84 Å². The molecule has 1 aromatic carbocycles. The van der Waals surface area contributed by atoms with Gasteiger partial charge in [-0.3, -0.25) is 34.2 Å². The minimum atomic E-state index is -2.05. The first-order chi connectivity index (χ1) is 29.1. The number of ether oxygens (including phenoxy) is 1. The lowest BCUT2D eigenvalue weighted by atomic mass is 9.95. The molecule has 346 valence electrons. The molecule has 0 saturated heterocycles. The third kappa shape index (κ3) is 23.3. The van der Waals surface area contributed by atoms with Gasteiger partial charge in [0.05, 0.1) is 6.42 Å². The number of carboxylic acids is 4. The molecule has 0 aromatic heterocycles. The van der Waals surface area contributed by atoms with Gasteiger partial charge in [0, 0.05) is 56.3 Å². The average molecular weight is 917 g/mol. The summed E-state index contributed by atoms with van der Waals surface area (Å²) in [5, 5.41) is 51.8. The van der Waals surface area contributed by atoms with Gasteiger partial charge in [0.1, 0.15) is 30.3 Å². The summed E-state index contributed by atoms with van der Waals surface area (Å²) >= 11 is 0. The molecule has 1 aromatic rings. The smallest absolute Gasteiger partial charge is 0.421 e. The van der Waals surface area contributed by atoms with Crippen molar-refractivity contribution < 1.29 is 73.1 Å². The lowest BCUT2D eigenvalue weighted by molar-refractivity contribution is -0.144. The van der Waals surface area contributed by atoms with Crippen molar-refractivity contribution in [1.82, 2.24) is 42.8 Å². The monoisotopic (exact) mass is 916 g/mol. The molecule has 12 N–H and O–H groups in total. The standard InChI is InChI=1S/C37H56N8O15S2/c1-21(39-28(47)14-15-37(3,34(56)57)44-35(58)43-24(33(54)55)11-13-29(48)49)10-12-27(46)41-26(19-30(50)51)32(53)42-25(18-23-8-6-5-7-9-23)31(52)40-22(2)20-62-61-17-16-60-36(59)45-38-4/h5-9,21-22,24-26,38H,10-20H2,1-4H3,(H,39,47)(H,40,52)(H,41,46)(H,42,53)(H,45,59)(H,48,49)(H,50,51)(H,54,55)(H,56,57)(H2,43,44,58)/t21-,22+,24?,25-,26+,37+/m1/s1. The second-order valence-electron chi connectivity index (χ2n) is 14.1. The zero-order valence-corrected chi connectivity index (χ0v) is 36.3. The number of urea groups is 1. The Bertz CT molecular complexity index is 1710.